The zero-order chi connectivity index (χ0) is 18.9. The summed E-state index contributed by atoms with van der Waals surface area (Å²) >= 11 is 0. The minimum absolute atomic E-state index is 1.22. The molecule has 0 bridgehead atoms. The van der Waals surface area contributed by atoms with Gasteiger partial charge in [-0.05, 0) is 35.7 Å². The van der Waals surface area contributed by atoms with Gasteiger partial charge in [-0.15, -0.1) is 0 Å². The first-order chi connectivity index (χ1) is 13.8. The molecule has 1 aromatic heterocycles. The van der Waals surface area contributed by atoms with Crippen molar-refractivity contribution in [3.05, 3.63) is 115 Å². The Balaban J connectivity index is 1.99. The maximum Gasteiger partial charge on any atom is 0.0619 e. The molecule has 0 atom stereocenters. The summed E-state index contributed by atoms with van der Waals surface area (Å²) in [5.74, 6) is 0. The van der Waals surface area contributed by atoms with Gasteiger partial charge in [-0.25, -0.2) is 0 Å². The Hall–Kier alpha value is -3.58. The second-order valence-corrected chi connectivity index (χ2v) is 7.09. The molecule has 0 unspecified atom stereocenters. The molecule has 28 heavy (non-hydrogen) atoms. The van der Waals surface area contributed by atoms with Gasteiger partial charge in [-0.2, -0.15) is 0 Å². The number of hydrogen-bond donors (Lipinski definition) is 0. The number of aryl methyl sites for hydroxylation is 1. The fourth-order valence-corrected chi connectivity index (χ4v) is 4.07. The third kappa shape index (κ3) is 2.64. The maximum atomic E-state index is 2.42. The minimum atomic E-state index is 1.22. The molecule has 0 saturated carbocycles. The van der Waals surface area contributed by atoms with Gasteiger partial charge in [0.2, 0.25) is 0 Å². The molecule has 0 aliphatic heterocycles. The molecule has 0 aliphatic rings. The summed E-state index contributed by atoms with van der Waals surface area (Å²) in [5.41, 5.74) is 8.70. The highest BCUT2D eigenvalue weighted by Gasteiger charge is 2.21. The standard InChI is InChI=1S/C27H21N/c1-20-12-8-10-18-24(20)28-25-19-11-9-17-23(25)26(21-13-4-2-5-14-21)27(28)22-15-6-3-7-16-22/h2-19H,1H3. The van der Waals surface area contributed by atoms with E-state index < -0.39 is 0 Å². The Kier molecular flexibility index (Phi) is 4.06. The second kappa shape index (κ2) is 6.86. The average molecular weight is 359 g/mol. The van der Waals surface area contributed by atoms with E-state index in [9.17, 15) is 0 Å². The second-order valence-electron chi connectivity index (χ2n) is 7.09. The summed E-state index contributed by atoms with van der Waals surface area (Å²) in [7, 11) is 0. The Morgan fingerprint density at radius 3 is 1.82 bits per heavy atom. The van der Waals surface area contributed by atoms with Crippen molar-refractivity contribution >= 4 is 10.9 Å². The third-order valence-electron chi connectivity index (χ3n) is 5.34. The summed E-state index contributed by atoms with van der Waals surface area (Å²) < 4.78 is 2.42. The highest BCUT2D eigenvalue weighted by atomic mass is 15.0. The third-order valence-corrected chi connectivity index (χ3v) is 5.34. The van der Waals surface area contributed by atoms with E-state index in [1.807, 2.05) is 0 Å². The van der Waals surface area contributed by atoms with E-state index in [0.717, 1.165) is 0 Å². The fraction of sp³-hybridized carbons (Fsp3) is 0.0370. The van der Waals surface area contributed by atoms with E-state index in [1.165, 1.54) is 44.5 Å². The average Bonchev–Trinajstić information content (AvgIpc) is 3.10. The van der Waals surface area contributed by atoms with Crippen molar-refractivity contribution in [1.29, 1.82) is 0 Å². The van der Waals surface area contributed by atoms with Crippen LogP contribution in [0.25, 0.3) is 39.0 Å². The summed E-state index contributed by atoms with van der Waals surface area (Å²) in [4.78, 5) is 0. The zero-order valence-corrected chi connectivity index (χ0v) is 15.8. The molecule has 1 nitrogen and oxygen atoms in total. The van der Waals surface area contributed by atoms with Crippen LogP contribution in [0.1, 0.15) is 5.56 Å². The number of fused-ring (bicyclic) bond motifs is 1. The van der Waals surface area contributed by atoms with Crippen molar-refractivity contribution in [3.8, 4) is 28.1 Å². The van der Waals surface area contributed by atoms with Gasteiger partial charge < -0.3 is 4.57 Å². The van der Waals surface area contributed by atoms with Crippen LogP contribution in [0.3, 0.4) is 0 Å². The van der Waals surface area contributed by atoms with Crippen LogP contribution in [-0.2, 0) is 0 Å². The van der Waals surface area contributed by atoms with Gasteiger partial charge in [0, 0.05) is 16.6 Å². The predicted octanol–water partition coefficient (Wildman–Crippen LogP) is 7.27. The highest BCUT2D eigenvalue weighted by molar-refractivity contribution is 6.05. The normalized spacial score (nSPS) is 11.0. The quantitative estimate of drug-likeness (QED) is 0.319. The first-order valence-electron chi connectivity index (χ1n) is 9.65. The van der Waals surface area contributed by atoms with Crippen LogP contribution in [-0.4, -0.2) is 4.57 Å². The molecule has 0 N–H and O–H groups in total. The molecule has 5 rings (SSSR count). The van der Waals surface area contributed by atoms with Crippen LogP contribution in [0.2, 0.25) is 0 Å². The summed E-state index contributed by atoms with van der Waals surface area (Å²) in [6.45, 7) is 2.18. The number of rotatable bonds is 3. The van der Waals surface area contributed by atoms with Gasteiger partial charge in [-0.1, -0.05) is 97.1 Å². The monoisotopic (exact) mass is 359 g/mol. The fourth-order valence-electron chi connectivity index (χ4n) is 4.07. The lowest BCUT2D eigenvalue weighted by molar-refractivity contribution is 1.11. The van der Waals surface area contributed by atoms with Crippen LogP contribution >= 0.6 is 0 Å². The van der Waals surface area contributed by atoms with Crippen molar-refractivity contribution in [1.82, 2.24) is 4.57 Å². The number of nitrogens with zero attached hydrogens (tertiary/aromatic N) is 1. The smallest absolute Gasteiger partial charge is 0.0619 e. The summed E-state index contributed by atoms with van der Waals surface area (Å²) in [5, 5.41) is 1.27. The van der Waals surface area contributed by atoms with Crippen LogP contribution in [0.5, 0.6) is 0 Å². The zero-order valence-electron chi connectivity index (χ0n) is 15.8. The minimum Gasteiger partial charge on any atom is -0.308 e. The molecule has 0 fully saturated rings. The predicted molar refractivity (Wildman–Crippen MR) is 119 cm³/mol. The van der Waals surface area contributed by atoms with Gasteiger partial charge in [0.1, 0.15) is 0 Å². The Morgan fingerprint density at radius 2 is 1.11 bits per heavy atom. The Morgan fingerprint density at radius 1 is 0.536 bits per heavy atom. The summed E-state index contributed by atoms with van der Waals surface area (Å²) in [6, 6.07) is 38.8. The topological polar surface area (TPSA) is 4.93 Å². The van der Waals surface area contributed by atoms with Crippen molar-refractivity contribution < 1.29 is 0 Å². The van der Waals surface area contributed by atoms with Gasteiger partial charge >= 0.3 is 0 Å². The Bertz CT molecular complexity index is 1250. The number of aromatic nitrogens is 1. The lowest BCUT2D eigenvalue weighted by Gasteiger charge is -2.15. The van der Waals surface area contributed by atoms with Crippen LogP contribution < -0.4 is 0 Å². The maximum absolute atomic E-state index is 2.42. The first-order valence-corrected chi connectivity index (χ1v) is 9.65. The van der Waals surface area contributed by atoms with E-state index in [2.05, 4.69) is 121 Å². The molecular formula is C27H21N. The lowest BCUT2D eigenvalue weighted by atomic mass is 9.98. The molecule has 134 valence electrons. The first kappa shape index (κ1) is 16.6. The van der Waals surface area contributed by atoms with Crippen molar-refractivity contribution in [2.24, 2.45) is 0 Å². The molecule has 0 aliphatic carbocycles. The number of hydrogen-bond acceptors (Lipinski definition) is 0. The van der Waals surface area contributed by atoms with Crippen LogP contribution in [0.15, 0.2) is 109 Å². The lowest BCUT2D eigenvalue weighted by Crippen LogP contribution is -1.99. The van der Waals surface area contributed by atoms with E-state index in [1.54, 1.807) is 0 Å². The molecular weight excluding hydrogens is 338 g/mol. The van der Waals surface area contributed by atoms with Gasteiger partial charge in [0.15, 0.2) is 0 Å². The van der Waals surface area contributed by atoms with Crippen molar-refractivity contribution in [2.75, 3.05) is 0 Å². The van der Waals surface area contributed by atoms with E-state index >= 15 is 0 Å². The van der Waals surface area contributed by atoms with E-state index in [-0.39, 0.29) is 0 Å². The van der Waals surface area contributed by atoms with Gasteiger partial charge in [-0.3, -0.25) is 0 Å². The largest absolute Gasteiger partial charge is 0.308 e. The molecule has 4 aromatic carbocycles. The summed E-state index contributed by atoms with van der Waals surface area (Å²) in [6.07, 6.45) is 0. The van der Waals surface area contributed by atoms with Crippen molar-refractivity contribution in [3.63, 3.8) is 0 Å². The Labute approximate surface area is 165 Å². The number of para-hydroxylation sites is 2. The molecule has 0 saturated heterocycles. The molecule has 1 heteroatoms. The van der Waals surface area contributed by atoms with Crippen LogP contribution in [0.4, 0.5) is 0 Å². The molecule has 0 amide bonds. The molecule has 0 radical (unpaired) electrons. The van der Waals surface area contributed by atoms with Gasteiger partial charge in [0.05, 0.1) is 11.2 Å². The number of benzene rings is 4. The van der Waals surface area contributed by atoms with E-state index in [0.29, 0.717) is 0 Å². The van der Waals surface area contributed by atoms with E-state index in [4.69, 9.17) is 0 Å². The van der Waals surface area contributed by atoms with Crippen LogP contribution in [0, 0.1) is 6.92 Å². The SMILES string of the molecule is Cc1ccccc1-n1c(-c2ccccc2)c(-c2ccccc2)c2ccccc21. The molecule has 5 aromatic rings. The highest BCUT2D eigenvalue weighted by Crippen LogP contribution is 2.42. The molecule has 0 spiro atoms. The van der Waals surface area contributed by atoms with Crippen molar-refractivity contribution in [2.45, 2.75) is 6.92 Å². The van der Waals surface area contributed by atoms with Gasteiger partial charge in [0.25, 0.3) is 0 Å². The molecule has 1 heterocycles.